The molecule has 90 valence electrons. The van der Waals surface area contributed by atoms with E-state index in [1.807, 2.05) is 44.2 Å². The molecule has 0 atom stereocenters. The largest absolute Gasteiger partial charge is 0.334 e. The molecule has 17 heavy (non-hydrogen) atoms. The van der Waals surface area contributed by atoms with Crippen molar-refractivity contribution in [2.24, 2.45) is 5.73 Å². The third-order valence-corrected chi connectivity index (χ3v) is 3.15. The monoisotopic (exact) mass is 231 g/mol. The quantitative estimate of drug-likeness (QED) is 0.878. The summed E-state index contributed by atoms with van der Waals surface area (Å²) in [5.41, 5.74) is 6.65. The highest BCUT2D eigenvalue weighted by Gasteiger charge is 2.29. The van der Waals surface area contributed by atoms with Crippen LogP contribution in [0.3, 0.4) is 0 Å². The van der Waals surface area contributed by atoms with E-state index in [0.717, 1.165) is 18.4 Å². The van der Waals surface area contributed by atoms with Crippen LogP contribution in [0.25, 0.3) is 11.5 Å². The van der Waals surface area contributed by atoms with Crippen LogP contribution in [0.4, 0.5) is 0 Å². The SMILES string of the molecule is CCC(N)(CC)c1noc(-c2ccccc2)n1. The van der Waals surface area contributed by atoms with Crippen LogP contribution in [0.2, 0.25) is 0 Å². The van der Waals surface area contributed by atoms with Crippen LogP contribution < -0.4 is 5.73 Å². The number of benzene rings is 1. The van der Waals surface area contributed by atoms with Crippen LogP contribution in [-0.2, 0) is 5.54 Å². The molecule has 0 bridgehead atoms. The molecule has 4 nitrogen and oxygen atoms in total. The lowest BCUT2D eigenvalue weighted by molar-refractivity contribution is 0.350. The van der Waals surface area contributed by atoms with E-state index in [-0.39, 0.29) is 0 Å². The average Bonchev–Trinajstić information content (AvgIpc) is 2.89. The number of hydrogen-bond donors (Lipinski definition) is 1. The molecule has 0 aliphatic rings. The highest BCUT2D eigenvalue weighted by Crippen LogP contribution is 2.25. The third kappa shape index (κ3) is 2.22. The van der Waals surface area contributed by atoms with Crippen LogP contribution in [0.5, 0.6) is 0 Å². The molecule has 0 aliphatic carbocycles. The van der Waals surface area contributed by atoms with E-state index in [9.17, 15) is 0 Å². The number of rotatable bonds is 4. The molecule has 1 aromatic carbocycles. The Bertz CT molecular complexity index is 474. The zero-order valence-electron chi connectivity index (χ0n) is 10.2. The summed E-state index contributed by atoms with van der Waals surface area (Å²) in [6.45, 7) is 4.06. The fraction of sp³-hybridized carbons (Fsp3) is 0.385. The summed E-state index contributed by atoms with van der Waals surface area (Å²) in [5, 5.41) is 4.00. The molecule has 2 N–H and O–H groups in total. The van der Waals surface area contributed by atoms with Crippen LogP contribution in [0, 0.1) is 0 Å². The lowest BCUT2D eigenvalue weighted by atomic mass is 9.93. The first-order chi connectivity index (χ1) is 8.19. The van der Waals surface area contributed by atoms with Crippen LogP contribution >= 0.6 is 0 Å². The van der Waals surface area contributed by atoms with Gasteiger partial charge in [0.05, 0.1) is 5.54 Å². The zero-order chi connectivity index (χ0) is 12.3. The van der Waals surface area contributed by atoms with Gasteiger partial charge in [-0.15, -0.1) is 0 Å². The molecule has 0 amide bonds. The lowest BCUT2D eigenvalue weighted by Crippen LogP contribution is -2.36. The highest BCUT2D eigenvalue weighted by molar-refractivity contribution is 5.52. The van der Waals surface area contributed by atoms with Crippen molar-refractivity contribution in [3.05, 3.63) is 36.2 Å². The molecule has 2 aromatic rings. The molecular weight excluding hydrogens is 214 g/mol. The second-order valence-corrected chi connectivity index (χ2v) is 4.15. The standard InChI is InChI=1S/C13H17N3O/c1-3-13(14,4-2)12-15-11(17-16-12)10-8-6-5-7-9-10/h5-9H,3-4,14H2,1-2H3. The Labute approximate surface area is 101 Å². The molecule has 0 saturated heterocycles. The Morgan fingerprint density at radius 1 is 1.18 bits per heavy atom. The van der Waals surface area contributed by atoms with Crippen LogP contribution in [0.15, 0.2) is 34.9 Å². The summed E-state index contributed by atoms with van der Waals surface area (Å²) in [5.74, 6) is 1.11. The molecule has 1 heterocycles. The van der Waals surface area contributed by atoms with Gasteiger partial charge in [-0.1, -0.05) is 37.2 Å². The summed E-state index contributed by atoms with van der Waals surface area (Å²) in [7, 11) is 0. The zero-order valence-corrected chi connectivity index (χ0v) is 10.2. The van der Waals surface area contributed by atoms with E-state index >= 15 is 0 Å². The van der Waals surface area contributed by atoms with E-state index in [1.165, 1.54) is 0 Å². The van der Waals surface area contributed by atoms with Crippen molar-refractivity contribution in [3.8, 4) is 11.5 Å². The number of hydrogen-bond acceptors (Lipinski definition) is 4. The predicted molar refractivity (Wildman–Crippen MR) is 66.2 cm³/mol. The number of nitrogens with zero attached hydrogens (tertiary/aromatic N) is 2. The fourth-order valence-electron chi connectivity index (χ4n) is 1.69. The smallest absolute Gasteiger partial charge is 0.257 e. The lowest BCUT2D eigenvalue weighted by Gasteiger charge is -2.21. The summed E-state index contributed by atoms with van der Waals surface area (Å²) in [4.78, 5) is 4.39. The molecule has 1 aromatic heterocycles. The first-order valence-corrected chi connectivity index (χ1v) is 5.88. The minimum Gasteiger partial charge on any atom is -0.334 e. The first-order valence-electron chi connectivity index (χ1n) is 5.88. The van der Waals surface area contributed by atoms with Crippen molar-refractivity contribution in [3.63, 3.8) is 0 Å². The van der Waals surface area contributed by atoms with Crippen molar-refractivity contribution in [2.75, 3.05) is 0 Å². The molecule has 0 unspecified atom stereocenters. The summed E-state index contributed by atoms with van der Waals surface area (Å²) in [6, 6.07) is 9.70. The van der Waals surface area contributed by atoms with Gasteiger partial charge in [0.1, 0.15) is 0 Å². The van der Waals surface area contributed by atoms with Gasteiger partial charge in [0, 0.05) is 5.56 Å². The van der Waals surface area contributed by atoms with E-state index in [1.54, 1.807) is 0 Å². The van der Waals surface area contributed by atoms with Gasteiger partial charge in [-0.2, -0.15) is 4.98 Å². The summed E-state index contributed by atoms with van der Waals surface area (Å²) >= 11 is 0. The van der Waals surface area contributed by atoms with E-state index in [0.29, 0.717) is 11.7 Å². The Morgan fingerprint density at radius 3 is 2.41 bits per heavy atom. The van der Waals surface area contributed by atoms with E-state index < -0.39 is 5.54 Å². The summed E-state index contributed by atoms with van der Waals surface area (Å²) < 4.78 is 5.26. The predicted octanol–water partition coefficient (Wildman–Crippen LogP) is 2.71. The van der Waals surface area contributed by atoms with Gasteiger partial charge in [0.2, 0.25) is 0 Å². The van der Waals surface area contributed by atoms with Gasteiger partial charge in [-0.25, -0.2) is 0 Å². The number of aromatic nitrogens is 2. The van der Waals surface area contributed by atoms with Gasteiger partial charge >= 0.3 is 0 Å². The minimum atomic E-state index is -0.490. The average molecular weight is 231 g/mol. The van der Waals surface area contributed by atoms with E-state index in [4.69, 9.17) is 10.3 Å². The Balaban J connectivity index is 2.34. The maximum Gasteiger partial charge on any atom is 0.257 e. The van der Waals surface area contributed by atoms with Crippen molar-refractivity contribution in [2.45, 2.75) is 32.2 Å². The molecular formula is C13H17N3O. The fourth-order valence-corrected chi connectivity index (χ4v) is 1.69. The van der Waals surface area contributed by atoms with Gasteiger partial charge in [-0.05, 0) is 25.0 Å². The number of nitrogens with two attached hydrogens (primary N) is 1. The van der Waals surface area contributed by atoms with Gasteiger partial charge in [-0.3, -0.25) is 0 Å². The Hall–Kier alpha value is -1.68. The third-order valence-electron chi connectivity index (χ3n) is 3.15. The van der Waals surface area contributed by atoms with Gasteiger partial charge in [0.25, 0.3) is 5.89 Å². The maximum atomic E-state index is 6.22. The second kappa shape index (κ2) is 4.67. The summed E-state index contributed by atoms with van der Waals surface area (Å²) in [6.07, 6.45) is 1.58. The van der Waals surface area contributed by atoms with Gasteiger partial charge in [0.15, 0.2) is 5.82 Å². The van der Waals surface area contributed by atoms with Crippen molar-refractivity contribution in [1.29, 1.82) is 0 Å². The van der Waals surface area contributed by atoms with E-state index in [2.05, 4.69) is 10.1 Å². The van der Waals surface area contributed by atoms with Gasteiger partial charge < -0.3 is 10.3 Å². The molecule has 0 aliphatic heterocycles. The highest BCUT2D eigenvalue weighted by atomic mass is 16.5. The molecule has 0 radical (unpaired) electrons. The van der Waals surface area contributed by atoms with Crippen molar-refractivity contribution < 1.29 is 4.52 Å². The van der Waals surface area contributed by atoms with Crippen LogP contribution in [-0.4, -0.2) is 10.1 Å². The molecule has 0 fully saturated rings. The second-order valence-electron chi connectivity index (χ2n) is 4.15. The molecule has 0 spiro atoms. The molecule has 0 saturated carbocycles. The Morgan fingerprint density at radius 2 is 1.82 bits per heavy atom. The Kier molecular flexibility index (Phi) is 3.24. The van der Waals surface area contributed by atoms with Crippen LogP contribution in [0.1, 0.15) is 32.5 Å². The maximum absolute atomic E-state index is 6.22. The molecule has 4 heteroatoms. The topological polar surface area (TPSA) is 64.9 Å². The normalized spacial score (nSPS) is 11.7. The first kappa shape index (κ1) is 11.8. The van der Waals surface area contributed by atoms with Crippen molar-refractivity contribution >= 4 is 0 Å². The van der Waals surface area contributed by atoms with Crippen molar-refractivity contribution in [1.82, 2.24) is 10.1 Å². The minimum absolute atomic E-state index is 0.490. The molecule has 2 rings (SSSR count).